The van der Waals surface area contributed by atoms with Gasteiger partial charge in [-0.2, -0.15) is 0 Å². The van der Waals surface area contributed by atoms with Crippen LogP contribution >= 0.6 is 15.9 Å². The number of rotatable bonds is 4. The van der Waals surface area contributed by atoms with Crippen molar-refractivity contribution in [3.63, 3.8) is 0 Å². The molecule has 1 atom stereocenters. The second kappa shape index (κ2) is 5.80. The van der Waals surface area contributed by atoms with Crippen LogP contribution in [0.4, 0.5) is 0 Å². The Labute approximate surface area is 130 Å². The Balaban J connectivity index is 2.30. The molecule has 7 nitrogen and oxygen atoms in total. The average molecular weight is 379 g/mol. The van der Waals surface area contributed by atoms with Crippen LogP contribution in [0.3, 0.4) is 0 Å². The summed E-state index contributed by atoms with van der Waals surface area (Å²) in [5.41, 5.74) is 0.312. The molecule has 1 fully saturated rings. The molecule has 0 aromatic carbocycles. The number of hydrogen-bond donors (Lipinski definition) is 1. The van der Waals surface area contributed by atoms with Gasteiger partial charge in [0.25, 0.3) is 5.91 Å². The predicted octanol–water partition coefficient (Wildman–Crippen LogP) is 0.502. The van der Waals surface area contributed by atoms with Crippen LogP contribution in [0.2, 0.25) is 0 Å². The van der Waals surface area contributed by atoms with E-state index in [1.165, 1.54) is 0 Å². The standard InChI is InChI=1S/C12H15BrN2O5S/c1-14-5-8(13)4-10(14)12(18)15(6-11(16)17)9-2-3-21(19,20)7-9/h4-5,9H,2-3,6-7H2,1H3,(H,16,17). The fraction of sp³-hybridized carbons (Fsp3) is 0.500. The summed E-state index contributed by atoms with van der Waals surface area (Å²) in [7, 11) is -1.53. The van der Waals surface area contributed by atoms with E-state index in [0.717, 1.165) is 4.90 Å². The van der Waals surface area contributed by atoms with Crippen molar-refractivity contribution in [2.24, 2.45) is 7.05 Å². The first-order chi connectivity index (χ1) is 9.69. The second-order valence-electron chi connectivity index (χ2n) is 5.04. The van der Waals surface area contributed by atoms with E-state index < -0.39 is 34.3 Å². The Morgan fingerprint density at radius 3 is 2.62 bits per heavy atom. The summed E-state index contributed by atoms with van der Waals surface area (Å²) in [6.07, 6.45) is 1.95. The smallest absolute Gasteiger partial charge is 0.323 e. The molecule has 2 heterocycles. The van der Waals surface area contributed by atoms with Gasteiger partial charge in [0.05, 0.1) is 11.5 Å². The second-order valence-corrected chi connectivity index (χ2v) is 8.18. The van der Waals surface area contributed by atoms with Gasteiger partial charge in [-0.1, -0.05) is 0 Å². The normalized spacial score (nSPS) is 20.4. The topological polar surface area (TPSA) is 96.7 Å². The summed E-state index contributed by atoms with van der Waals surface area (Å²) < 4.78 is 25.4. The Bertz CT molecular complexity index is 682. The molecule has 9 heteroatoms. The van der Waals surface area contributed by atoms with Gasteiger partial charge in [0, 0.05) is 23.8 Å². The molecule has 0 saturated carbocycles. The first-order valence-electron chi connectivity index (χ1n) is 6.24. The average Bonchev–Trinajstić information content (AvgIpc) is 2.87. The van der Waals surface area contributed by atoms with Gasteiger partial charge >= 0.3 is 5.97 Å². The van der Waals surface area contributed by atoms with Crippen LogP contribution in [0.25, 0.3) is 0 Å². The Morgan fingerprint density at radius 2 is 2.19 bits per heavy atom. The van der Waals surface area contributed by atoms with Crippen molar-refractivity contribution in [3.8, 4) is 0 Å². The highest BCUT2D eigenvalue weighted by molar-refractivity contribution is 9.10. The number of carbonyl (C=O) groups is 2. The Morgan fingerprint density at radius 1 is 1.52 bits per heavy atom. The number of aryl methyl sites for hydroxylation is 1. The summed E-state index contributed by atoms with van der Waals surface area (Å²) in [4.78, 5) is 24.7. The molecule has 2 rings (SSSR count). The molecule has 116 valence electrons. The SMILES string of the molecule is Cn1cc(Br)cc1C(=O)N(CC(=O)O)C1CCS(=O)(=O)C1. The van der Waals surface area contributed by atoms with E-state index in [9.17, 15) is 18.0 Å². The lowest BCUT2D eigenvalue weighted by Gasteiger charge is -2.26. The molecule has 0 bridgehead atoms. The molecule has 21 heavy (non-hydrogen) atoms. The minimum absolute atomic E-state index is 0.0160. The minimum Gasteiger partial charge on any atom is -0.480 e. The molecule has 0 aliphatic carbocycles. The van der Waals surface area contributed by atoms with E-state index in [4.69, 9.17) is 5.11 Å². The molecule has 1 saturated heterocycles. The van der Waals surface area contributed by atoms with E-state index in [1.54, 1.807) is 23.9 Å². The van der Waals surface area contributed by atoms with Crippen molar-refractivity contribution in [3.05, 3.63) is 22.4 Å². The van der Waals surface area contributed by atoms with Crippen molar-refractivity contribution >= 4 is 37.6 Å². The maximum atomic E-state index is 12.5. The van der Waals surface area contributed by atoms with Crippen LogP contribution in [0.15, 0.2) is 16.7 Å². The third-order valence-corrected chi connectivity index (χ3v) is 5.59. The number of halogens is 1. The third-order valence-electron chi connectivity index (χ3n) is 3.41. The summed E-state index contributed by atoms with van der Waals surface area (Å²) in [5.74, 6) is -1.84. The molecule has 1 aliphatic rings. The molecule has 1 aliphatic heterocycles. The van der Waals surface area contributed by atoms with Crippen LogP contribution in [0, 0.1) is 0 Å². The number of sulfone groups is 1. The lowest BCUT2D eigenvalue weighted by Crippen LogP contribution is -2.44. The molecular formula is C12H15BrN2O5S. The molecule has 1 unspecified atom stereocenters. The van der Waals surface area contributed by atoms with Gasteiger partial charge in [-0.25, -0.2) is 8.42 Å². The molecule has 0 spiro atoms. The molecular weight excluding hydrogens is 364 g/mol. The highest BCUT2D eigenvalue weighted by Gasteiger charge is 2.36. The minimum atomic E-state index is -3.20. The fourth-order valence-corrected chi connectivity index (χ4v) is 4.67. The number of aromatic nitrogens is 1. The zero-order chi connectivity index (χ0) is 15.8. The van der Waals surface area contributed by atoms with Crippen LogP contribution in [0.5, 0.6) is 0 Å². The zero-order valence-electron chi connectivity index (χ0n) is 11.3. The van der Waals surface area contributed by atoms with Crippen LogP contribution in [-0.2, 0) is 21.7 Å². The van der Waals surface area contributed by atoms with Crippen molar-refractivity contribution in [2.75, 3.05) is 18.1 Å². The monoisotopic (exact) mass is 378 g/mol. The number of carboxylic acid groups (broad SMARTS) is 1. The zero-order valence-corrected chi connectivity index (χ0v) is 13.7. The fourth-order valence-electron chi connectivity index (χ4n) is 2.42. The first-order valence-corrected chi connectivity index (χ1v) is 8.86. The predicted molar refractivity (Wildman–Crippen MR) is 78.8 cm³/mol. The lowest BCUT2D eigenvalue weighted by atomic mass is 10.2. The quantitative estimate of drug-likeness (QED) is 0.822. The van der Waals surface area contributed by atoms with Gasteiger partial charge < -0.3 is 14.6 Å². The number of carbonyl (C=O) groups excluding carboxylic acids is 1. The number of aliphatic carboxylic acids is 1. The maximum Gasteiger partial charge on any atom is 0.323 e. The lowest BCUT2D eigenvalue weighted by molar-refractivity contribution is -0.138. The Hall–Kier alpha value is -1.35. The van der Waals surface area contributed by atoms with Gasteiger partial charge in [-0.15, -0.1) is 0 Å². The number of amides is 1. The van der Waals surface area contributed by atoms with Crippen molar-refractivity contribution in [1.82, 2.24) is 9.47 Å². The number of carboxylic acids is 1. The van der Waals surface area contributed by atoms with Gasteiger partial charge in [0.1, 0.15) is 12.2 Å². The first kappa shape index (κ1) is 16.0. The highest BCUT2D eigenvalue weighted by atomic mass is 79.9. The third kappa shape index (κ3) is 3.65. The molecule has 1 amide bonds. The maximum absolute atomic E-state index is 12.5. The molecule has 1 aromatic rings. The van der Waals surface area contributed by atoms with Crippen molar-refractivity contribution in [1.29, 1.82) is 0 Å². The van der Waals surface area contributed by atoms with E-state index >= 15 is 0 Å². The Kier molecular flexibility index (Phi) is 4.43. The van der Waals surface area contributed by atoms with E-state index in [0.29, 0.717) is 10.2 Å². The van der Waals surface area contributed by atoms with Crippen molar-refractivity contribution in [2.45, 2.75) is 12.5 Å². The summed E-state index contributed by atoms with van der Waals surface area (Å²) in [5, 5.41) is 8.99. The van der Waals surface area contributed by atoms with Crippen LogP contribution in [0.1, 0.15) is 16.9 Å². The highest BCUT2D eigenvalue weighted by Crippen LogP contribution is 2.22. The molecule has 0 radical (unpaired) electrons. The molecule has 1 N–H and O–H groups in total. The molecule has 1 aromatic heterocycles. The van der Waals surface area contributed by atoms with Crippen molar-refractivity contribution < 1.29 is 23.1 Å². The van der Waals surface area contributed by atoms with Crippen LogP contribution in [-0.4, -0.2) is 59.0 Å². The summed E-state index contributed by atoms with van der Waals surface area (Å²) in [6.45, 7) is -0.512. The number of nitrogens with zero attached hydrogens (tertiary/aromatic N) is 2. The largest absolute Gasteiger partial charge is 0.480 e. The summed E-state index contributed by atoms with van der Waals surface area (Å²) in [6, 6.07) is 0.993. The summed E-state index contributed by atoms with van der Waals surface area (Å²) >= 11 is 3.25. The van der Waals surface area contributed by atoms with Gasteiger partial charge in [-0.05, 0) is 28.4 Å². The van der Waals surface area contributed by atoms with Gasteiger partial charge in [0.15, 0.2) is 9.84 Å². The van der Waals surface area contributed by atoms with E-state index in [2.05, 4.69) is 15.9 Å². The number of hydrogen-bond acceptors (Lipinski definition) is 4. The van der Waals surface area contributed by atoms with Gasteiger partial charge in [-0.3, -0.25) is 9.59 Å². The van der Waals surface area contributed by atoms with Gasteiger partial charge in [0.2, 0.25) is 0 Å². The van der Waals surface area contributed by atoms with E-state index in [1.807, 2.05) is 0 Å². The van der Waals surface area contributed by atoms with Crippen LogP contribution < -0.4 is 0 Å². The van der Waals surface area contributed by atoms with E-state index in [-0.39, 0.29) is 17.9 Å².